The molecule has 0 aliphatic rings. The van der Waals surface area contributed by atoms with Gasteiger partial charge in [-0.1, -0.05) is 0 Å². The Morgan fingerprint density at radius 1 is 1.62 bits per heavy atom. The lowest BCUT2D eigenvalue weighted by atomic mass is 10.3. The Labute approximate surface area is 80.6 Å². The van der Waals surface area contributed by atoms with E-state index in [1.807, 2.05) is 30.6 Å². The van der Waals surface area contributed by atoms with Crippen molar-refractivity contribution in [2.24, 2.45) is 5.73 Å². The second kappa shape index (κ2) is 3.32. The van der Waals surface area contributed by atoms with Crippen LogP contribution in [0.3, 0.4) is 0 Å². The van der Waals surface area contributed by atoms with E-state index in [1.165, 1.54) is 0 Å². The summed E-state index contributed by atoms with van der Waals surface area (Å²) in [6.07, 6.45) is 1.89. The minimum Gasteiger partial charge on any atom is -0.360 e. The maximum absolute atomic E-state index is 5.72. The third-order valence-corrected chi connectivity index (χ3v) is 2.83. The number of H-pyrrole nitrogens is 1. The first-order chi connectivity index (χ1) is 6.27. The number of thiazole rings is 1. The zero-order valence-electron chi connectivity index (χ0n) is 7.32. The van der Waals surface area contributed by atoms with Gasteiger partial charge in [-0.05, 0) is 19.1 Å². The fourth-order valence-corrected chi connectivity index (χ4v) is 1.89. The summed E-state index contributed by atoms with van der Waals surface area (Å²) < 4.78 is 0. The van der Waals surface area contributed by atoms with Crippen LogP contribution < -0.4 is 5.73 Å². The van der Waals surface area contributed by atoms with Crippen LogP contribution in [-0.4, -0.2) is 9.97 Å². The number of nitrogens with two attached hydrogens (primary N) is 1. The van der Waals surface area contributed by atoms with E-state index in [0.717, 1.165) is 16.4 Å². The van der Waals surface area contributed by atoms with E-state index in [4.69, 9.17) is 5.73 Å². The van der Waals surface area contributed by atoms with Gasteiger partial charge in [0, 0.05) is 11.6 Å². The quantitative estimate of drug-likeness (QED) is 0.767. The highest BCUT2D eigenvalue weighted by Gasteiger charge is 2.07. The largest absolute Gasteiger partial charge is 0.360 e. The fraction of sp³-hybridized carbons (Fsp3) is 0.222. The molecule has 68 valence electrons. The summed E-state index contributed by atoms with van der Waals surface area (Å²) >= 11 is 1.60. The van der Waals surface area contributed by atoms with Crippen LogP contribution in [0, 0.1) is 0 Å². The molecule has 2 aromatic rings. The average Bonchev–Trinajstić information content (AvgIpc) is 2.75. The molecule has 0 aliphatic heterocycles. The van der Waals surface area contributed by atoms with Gasteiger partial charge in [-0.25, -0.2) is 4.98 Å². The molecule has 0 aromatic carbocycles. The standard InChI is InChI=1S/C9H11N3S/c1-6(10)9-12-8(5-13-9)7-3-2-4-11-7/h2-6,11H,10H2,1H3. The number of aromatic nitrogens is 2. The number of aromatic amines is 1. The highest BCUT2D eigenvalue weighted by Crippen LogP contribution is 2.22. The lowest BCUT2D eigenvalue weighted by molar-refractivity contribution is 0.807. The SMILES string of the molecule is CC(N)c1nc(-c2ccc[nH]2)cs1. The molecule has 2 aromatic heterocycles. The van der Waals surface area contributed by atoms with Gasteiger partial charge in [0.15, 0.2) is 0 Å². The zero-order valence-corrected chi connectivity index (χ0v) is 8.14. The molecule has 1 unspecified atom stereocenters. The molecule has 0 aliphatic carbocycles. The first-order valence-electron chi connectivity index (χ1n) is 4.12. The summed E-state index contributed by atoms with van der Waals surface area (Å²) in [6, 6.07) is 3.98. The third-order valence-electron chi connectivity index (χ3n) is 1.79. The highest BCUT2D eigenvalue weighted by atomic mass is 32.1. The van der Waals surface area contributed by atoms with E-state index >= 15 is 0 Å². The third kappa shape index (κ3) is 1.64. The van der Waals surface area contributed by atoms with Crippen molar-refractivity contribution in [3.05, 3.63) is 28.7 Å². The maximum Gasteiger partial charge on any atom is 0.110 e. The van der Waals surface area contributed by atoms with E-state index in [9.17, 15) is 0 Å². The van der Waals surface area contributed by atoms with Crippen LogP contribution in [-0.2, 0) is 0 Å². The summed E-state index contributed by atoms with van der Waals surface area (Å²) in [5.74, 6) is 0. The molecule has 2 rings (SSSR count). The van der Waals surface area contributed by atoms with Gasteiger partial charge in [-0.3, -0.25) is 0 Å². The molecule has 3 nitrogen and oxygen atoms in total. The normalized spacial score (nSPS) is 13.1. The van der Waals surface area contributed by atoms with E-state index in [-0.39, 0.29) is 6.04 Å². The van der Waals surface area contributed by atoms with E-state index in [1.54, 1.807) is 11.3 Å². The maximum atomic E-state index is 5.72. The van der Waals surface area contributed by atoms with Crippen molar-refractivity contribution < 1.29 is 0 Å². The molecular weight excluding hydrogens is 182 g/mol. The van der Waals surface area contributed by atoms with Gasteiger partial charge in [0.1, 0.15) is 5.01 Å². The molecule has 0 saturated heterocycles. The lowest BCUT2D eigenvalue weighted by Crippen LogP contribution is -2.03. The van der Waals surface area contributed by atoms with Crippen molar-refractivity contribution in [2.75, 3.05) is 0 Å². The van der Waals surface area contributed by atoms with Crippen LogP contribution >= 0.6 is 11.3 Å². The van der Waals surface area contributed by atoms with Crippen molar-refractivity contribution in [2.45, 2.75) is 13.0 Å². The smallest absolute Gasteiger partial charge is 0.110 e. The zero-order chi connectivity index (χ0) is 9.26. The molecule has 3 N–H and O–H groups in total. The summed E-state index contributed by atoms with van der Waals surface area (Å²) in [6.45, 7) is 1.94. The van der Waals surface area contributed by atoms with Crippen LogP contribution in [0.2, 0.25) is 0 Å². The first kappa shape index (κ1) is 8.47. The Bertz CT molecular complexity index is 375. The molecular formula is C9H11N3S. The van der Waals surface area contributed by atoms with Crippen LogP contribution in [0.15, 0.2) is 23.7 Å². The number of hydrogen-bond donors (Lipinski definition) is 2. The molecule has 0 saturated carbocycles. The summed E-state index contributed by atoms with van der Waals surface area (Å²) in [4.78, 5) is 7.52. The minimum atomic E-state index is 0.0220. The van der Waals surface area contributed by atoms with Crippen molar-refractivity contribution in [3.63, 3.8) is 0 Å². The minimum absolute atomic E-state index is 0.0220. The van der Waals surface area contributed by atoms with E-state index < -0.39 is 0 Å². The Hall–Kier alpha value is -1.13. The fourth-order valence-electron chi connectivity index (χ4n) is 1.11. The molecule has 2 heterocycles. The monoisotopic (exact) mass is 193 g/mol. The first-order valence-corrected chi connectivity index (χ1v) is 5.00. The summed E-state index contributed by atoms with van der Waals surface area (Å²) in [7, 11) is 0. The van der Waals surface area contributed by atoms with Gasteiger partial charge >= 0.3 is 0 Å². The number of hydrogen-bond acceptors (Lipinski definition) is 3. The summed E-state index contributed by atoms with van der Waals surface area (Å²) in [5, 5.41) is 2.99. The predicted molar refractivity (Wildman–Crippen MR) is 54.5 cm³/mol. The van der Waals surface area contributed by atoms with Crippen LogP contribution in [0.1, 0.15) is 18.0 Å². The average molecular weight is 193 g/mol. The van der Waals surface area contributed by atoms with Crippen molar-refractivity contribution in [1.29, 1.82) is 0 Å². The topological polar surface area (TPSA) is 54.7 Å². The lowest BCUT2D eigenvalue weighted by Gasteiger charge is -1.96. The van der Waals surface area contributed by atoms with Crippen LogP contribution in [0.5, 0.6) is 0 Å². The highest BCUT2D eigenvalue weighted by molar-refractivity contribution is 7.10. The Morgan fingerprint density at radius 2 is 2.46 bits per heavy atom. The van der Waals surface area contributed by atoms with E-state index in [0.29, 0.717) is 0 Å². The Kier molecular flexibility index (Phi) is 2.16. The molecule has 0 spiro atoms. The predicted octanol–water partition coefficient (Wildman–Crippen LogP) is 2.16. The van der Waals surface area contributed by atoms with Gasteiger partial charge in [0.05, 0.1) is 17.4 Å². The summed E-state index contributed by atoms with van der Waals surface area (Å²) in [5.41, 5.74) is 7.74. The number of nitrogens with zero attached hydrogens (tertiary/aromatic N) is 1. The van der Waals surface area contributed by atoms with Crippen molar-refractivity contribution in [3.8, 4) is 11.4 Å². The van der Waals surface area contributed by atoms with Crippen molar-refractivity contribution in [1.82, 2.24) is 9.97 Å². The van der Waals surface area contributed by atoms with Crippen LogP contribution in [0.25, 0.3) is 11.4 Å². The molecule has 13 heavy (non-hydrogen) atoms. The van der Waals surface area contributed by atoms with Crippen LogP contribution in [0.4, 0.5) is 0 Å². The number of nitrogens with one attached hydrogen (secondary N) is 1. The second-order valence-electron chi connectivity index (χ2n) is 2.94. The molecule has 4 heteroatoms. The molecule has 1 atom stereocenters. The second-order valence-corrected chi connectivity index (χ2v) is 3.83. The molecule has 0 bridgehead atoms. The molecule has 0 radical (unpaired) electrons. The molecule has 0 amide bonds. The Morgan fingerprint density at radius 3 is 3.00 bits per heavy atom. The van der Waals surface area contributed by atoms with E-state index in [2.05, 4.69) is 9.97 Å². The molecule has 0 fully saturated rings. The van der Waals surface area contributed by atoms with Gasteiger partial charge in [-0.15, -0.1) is 11.3 Å². The van der Waals surface area contributed by atoms with Gasteiger partial charge < -0.3 is 10.7 Å². The van der Waals surface area contributed by atoms with Gasteiger partial charge in [0.25, 0.3) is 0 Å². The van der Waals surface area contributed by atoms with Crippen molar-refractivity contribution >= 4 is 11.3 Å². The van der Waals surface area contributed by atoms with Gasteiger partial charge in [0.2, 0.25) is 0 Å². The Balaban J connectivity index is 2.33. The van der Waals surface area contributed by atoms with Gasteiger partial charge in [-0.2, -0.15) is 0 Å². The number of rotatable bonds is 2.